The maximum Gasteiger partial charge on any atom is 0.317 e. The largest absolute Gasteiger partial charge is 0.337 e. The van der Waals surface area contributed by atoms with Gasteiger partial charge in [-0.3, -0.25) is 5.10 Å². The van der Waals surface area contributed by atoms with Gasteiger partial charge in [0.1, 0.15) is 5.82 Å². The van der Waals surface area contributed by atoms with Crippen molar-refractivity contribution in [2.24, 2.45) is 0 Å². The number of urea groups is 1. The van der Waals surface area contributed by atoms with Gasteiger partial charge < -0.3 is 20.4 Å². The highest BCUT2D eigenvalue weighted by Crippen LogP contribution is 2.20. The lowest BCUT2D eigenvalue weighted by molar-refractivity contribution is 0.191. The van der Waals surface area contributed by atoms with Crippen LogP contribution in [0.1, 0.15) is 29.9 Å². The van der Waals surface area contributed by atoms with Crippen molar-refractivity contribution in [3.63, 3.8) is 0 Å². The normalized spacial score (nSPS) is 14.5. The molecule has 3 N–H and O–H groups in total. The number of benzene rings is 1. The number of nitrogens with one attached hydrogen (secondary N) is 3. The summed E-state index contributed by atoms with van der Waals surface area (Å²) in [5, 5.41) is 17.7. The van der Waals surface area contributed by atoms with Crippen molar-refractivity contribution in [1.29, 1.82) is 0 Å². The quantitative estimate of drug-likeness (QED) is 0.382. The minimum atomic E-state index is -0.110. The van der Waals surface area contributed by atoms with Crippen molar-refractivity contribution in [2.75, 3.05) is 36.4 Å². The van der Waals surface area contributed by atoms with Crippen LogP contribution >= 0.6 is 0 Å². The second-order valence-electron chi connectivity index (χ2n) is 8.94. The van der Waals surface area contributed by atoms with Crippen LogP contribution in [-0.4, -0.2) is 67.1 Å². The number of aromatic nitrogens is 6. The molecular formula is C25H30N10O. The van der Waals surface area contributed by atoms with Crippen LogP contribution in [0.25, 0.3) is 5.69 Å². The fraction of sp³-hybridized carbons (Fsp3) is 0.320. The standard InChI is InChI=1S/C25H30N10O/c1-17-15-22(29-23-16-18(2)31-32-23)30-24(27-17)33-11-13-34(14-12-33)25(36)28-19(3)20-5-7-21(8-6-20)35-10-4-9-26-35/h4-10,15-16,19H,11-14H2,1-3H3,(H,28,36)(H2,27,29,30,31,32). The number of hydrogen-bond donors (Lipinski definition) is 3. The van der Waals surface area contributed by atoms with Gasteiger partial charge in [0.15, 0.2) is 5.82 Å². The third-order valence-corrected chi connectivity index (χ3v) is 6.16. The fourth-order valence-electron chi connectivity index (χ4n) is 4.18. The Bertz CT molecular complexity index is 1310. The number of carbonyl (C=O) groups excluding carboxylic acids is 1. The molecule has 1 unspecified atom stereocenters. The van der Waals surface area contributed by atoms with Crippen LogP contribution in [-0.2, 0) is 0 Å². The lowest BCUT2D eigenvalue weighted by Crippen LogP contribution is -2.52. The highest BCUT2D eigenvalue weighted by atomic mass is 16.2. The van der Waals surface area contributed by atoms with Crippen LogP contribution in [0, 0.1) is 13.8 Å². The van der Waals surface area contributed by atoms with Gasteiger partial charge in [0.25, 0.3) is 0 Å². The van der Waals surface area contributed by atoms with E-state index in [-0.39, 0.29) is 12.1 Å². The van der Waals surface area contributed by atoms with Gasteiger partial charge >= 0.3 is 6.03 Å². The molecule has 36 heavy (non-hydrogen) atoms. The summed E-state index contributed by atoms with van der Waals surface area (Å²) >= 11 is 0. The van der Waals surface area contributed by atoms with Gasteiger partial charge in [0, 0.05) is 62.1 Å². The van der Waals surface area contributed by atoms with Crippen LogP contribution in [0.2, 0.25) is 0 Å². The van der Waals surface area contributed by atoms with Gasteiger partial charge in [0.05, 0.1) is 11.7 Å². The molecule has 3 aromatic heterocycles. The number of piperazine rings is 1. The topological polar surface area (TPSA) is 120 Å². The van der Waals surface area contributed by atoms with E-state index < -0.39 is 0 Å². The second kappa shape index (κ2) is 10.1. The van der Waals surface area contributed by atoms with Gasteiger partial charge in [0.2, 0.25) is 5.95 Å². The molecule has 1 atom stereocenters. The highest BCUT2D eigenvalue weighted by Gasteiger charge is 2.24. The van der Waals surface area contributed by atoms with Gasteiger partial charge in [-0.2, -0.15) is 15.2 Å². The predicted molar refractivity (Wildman–Crippen MR) is 138 cm³/mol. The molecule has 4 aromatic rings. The number of aryl methyl sites for hydroxylation is 2. The fourth-order valence-corrected chi connectivity index (χ4v) is 4.18. The molecule has 0 spiro atoms. The first kappa shape index (κ1) is 23.3. The number of H-pyrrole nitrogens is 1. The highest BCUT2D eigenvalue weighted by molar-refractivity contribution is 5.75. The van der Waals surface area contributed by atoms with Gasteiger partial charge in [-0.05, 0) is 44.5 Å². The van der Waals surface area contributed by atoms with Crippen molar-refractivity contribution < 1.29 is 4.79 Å². The molecule has 4 heterocycles. The molecule has 11 nitrogen and oxygen atoms in total. The van der Waals surface area contributed by atoms with E-state index in [0.717, 1.165) is 22.6 Å². The average Bonchev–Trinajstić information content (AvgIpc) is 3.56. The van der Waals surface area contributed by atoms with Crippen LogP contribution in [0.15, 0.2) is 54.9 Å². The Kier molecular flexibility index (Phi) is 6.52. The number of carbonyl (C=O) groups is 1. The third-order valence-electron chi connectivity index (χ3n) is 6.16. The van der Waals surface area contributed by atoms with E-state index >= 15 is 0 Å². The summed E-state index contributed by atoms with van der Waals surface area (Å²) in [6.45, 7) is 8.38. The van der Waals surface area contributed by atoms with Crippen molar-refractivity contribution in [1.82, 2.24) is 40.2 Å². The van der Waals surface area contributed by atoms with E-state index in [1.807, 2.05) is 79.0 Å². The van der Waals surface area contributed by atoms with Gasteiger partial charge in [-0.15, -0.1) is 0 Å². The zero-order valence-corrected chi connectivity index (χ0v) is 20.6. The number of aromatic amines is 1. The number of rotatable bonds is 6. The van der Waals surface area contributed by atoms with Crippen molar-refractivity contribution in [3.05, 3.63) is 71.8 Å². The Labute approximate surface area is 209 Å². The van der Waals surface area contributed by atoms with Crippen molar-refractivity contribution in [3.8, 4) is 5.69 Å². The zero-order valence-electron chi connectivity index (χ0n) is 20.6. The monoisotopic (exact) mass is 486 g/mol. The van der Waals surface area contributed by atoms with E-state index in [1.54, 1.807) is 6.20 Å². The second-order valence-corrected chi connectivity index (χ2v) is 8.94. The van der Waals surface area contributed by atoms with Gasteiger partial charge in [-0.25, -0.2) is 14.5 Å². The zero-order chi connectivity index (χ0) is 25.1. The van der Waals surface area contributed by atoms with E-state index in [1.165, 1.54) is 0 Å². The summed E-state index contributed by atoms with van der Waals surface area (Å²) in [4.78, 5) is 26.1. The maximum atomic E-state index is 12.9. The molecule has 1 saturated heterocycles. The summed E-state index contributed by atoms with van der Waals surface area (Å²) < 4.78 is 1.81. The molecule has 186 valence electrons. The molecule has 0 bridgehead atoms. The Morgan fingerprint density at radius 3 is 2.47 bits per heavy atom. The Morgan fingerprint density at radius 1 is 1.03 bits per heavy atom. The predicted octanol–water partition coefficient (Wildman–Crippen LogP) is 3.34. The molecule has 1 aliphatic heterocycles. The molecule has 0 saturated carbocycles. The van der Waals surface area contributed by atoms with E-state index in [9.17, 15) is 4.79 Å². The lowest BCUT2D eigenvalue weighted by Gasteiger charge is -2.35. The van der Waals surface area contributed by atoms with Crippen molar-refractivity contribution in [2.45, 2.75) is 26.8 Å². The minimum absolute atomic E-state index is 0.0697. The van der Waals surface area contributed by atoms with Crippen molar-refractivity contribution >= 4 is 23.6 Å². The molecule has 1 aromatic carbocycles. The van der Waals surface area contributed by atoms with Gasteiger partial charge in [-0.1, -0.05) is 12.1 Å². The summed E-state index contributed by atoms with van der Waals surface area (Å²) in [6.07, 6.45) is 3.65. The first-order valence-corrected chi connectivity index (χ1v) is 12.0. The molecule has 1 aliphatic rings. The Hall–Kier alpha value is -4.41. The molecule has 2 amide bonds. The summed E-state index contributed by atoms with van der Waals surface area (Å²) in [6, 6.07) is 13.6. The molecule has 0 radical (unpaired) electrons. The molecular weight excluding hydrogens is 456 g/mol. The van der Waals surface area contributed by atoms with E-state index in [2.05, 4.69) is 40.8 Å². The molecule has 11 heteroatoms. The molecule has 1 fully saturated rings. The first-order valence-electron chi connectivity index (χ1n) is 12.0. The third kappa shape index (κ3) is 5.29. The minimum Gasteiger partial charge on any atom is -0.337 e. The number of amides is 2. The Balaban J connectivity index is 1.16. The first-order chi connectivity index (χ1) is 17.4. The summed E-state index contributed by atoms with van der Waals surface area (Å²) in [5.74, 6) is 2.05. The Morgan fingerprint density at radius 2 is 1.81 bits per heavy atom. The SMILES string of the molecule is Cc1cc(Nc2cc(C)[nH]n2)nc(N2CCN(C(=O)NC(C)c3ccc(-n4cccn4)cc3)CC2)n1. The van der Waals surface area contributed by atoms with Crippen LogP contribution in [0.5, 0.6) is 0 Å². The number of anilines is 3. The number of nitrogens with zero attached hydrogens (tertiary/aromatic N) is 7. The average molecular weight is 487 g/mol. The van der Waals surface area contributed by atoms with Crippen LogP contribution in [0.4, 0.5) is 22.4 Å². The maximum absolute atomic E-state index is 12.9. The summed E-state index contributed by atoms with van der Waals surface area (Å²) in [5.41, 5.74) is 3.86. The van der Waals surface area contributed by atoms with E-state index in [0.29, 0.717) is 43.8 Å². The van der Waals surface area contributed by atoms with Crippen LogP contribution < -0.4 is 15.5 Å². The number of hydrogen-bond acceptors (Lipinski definition) is 7. The lowest BCUT2D eigenvalue weighted by atomic mass is 10.1. The summed E-state index contributed by atoms with van der Waals surface area (Å²) in [7, 11) is 0. The molecule has 0 aliphatic carbocycles. The van der Waals surface area contributed by atoms with E-state index in [4.69, 9.17) is 0 Å². The smallest absolute Gasteiger partial charge is 0.317 e. The van der Waals surface area contributed by atoms with Crippen LogP contribution in [0.3, 0.4) is 0 Å². The molecule has 5 rings (SSSR count).